The smallest absolute Gasteiger partial charge is 0.657 e. The molecular weight excluding hydrogens is 718 g/mol. The monoisotopic (exact) mass is 744 g/mol. The fraction of sp³-hybridized carbons (Fsp3) is 0. The van der Waals surface area contributed by atoms with Gasteiger partial charge in [-0.3, -0.25) is 9.97 Å². The van der Waals surface area contributed by atoms with Crippen molar-refractivity contribution >= 4 is 11.4 Å². The van der Waals surface area contributed by atoms with Gasteiger partial charge in [-0.25, -0.2) is 0 Å². The third kappa shape index (κ3) is 6.29. The van der Waals surface area contributed by atoms with Crippen LogP contribution in [0.15, 0.2) is 164 Å². The first-order valence-corrected chi connectivity index (χ1v) is 14.3. The van der Waals surface area contributed by atoms with E-state index in [-0.39, 0.29) is 21.1 Å². The van der Waals surface area contributed by atoms with Crippen molar-refractivity contribution in [3.8, 4) is 56.0 Å². The second kappa shape index (κ2) is 13.5. The summed E-state index contributed by atoms with van der Waals surface area (Å²) in [5.74, 6) is 0. The van der Waals surface area contributed by atoms with Crippen molar-refractivity contribution in [1.82, 2.24) is 9.97 Å². The molecule has 5 aromatic carbocycles. The predicted molar refractivity (Wildman–Crippen MR) is 177 cm³/mol. The van der Waals surface area contributed by atoms with Crippen LogP contribution in [0, 0.1) is 6.07 Å². The van der Waals surface area contributed by atoms with Crippen molar-refractivity contribution in [1.29, 1.82) is 0 Å². The number of benzene rings is 5. The second-order valence-corrected chi connectivity index (χ2v) is 10.2. The van der Waals surface area contributed by atoms with E-state index in [4.69, 9.17) is 15.3 Å². The van der Waals surface area contributed by atoms with Gasteiger partial charge in [0.15, 0.2) is 0 Å². The van der Waals surface area contributed by atoms with Gasteiger partial charge in [0.05, 0.1) is 11.4 Å². The van der Waals surface area contributed by atoms with Crippen LogP contribution in [-0.2, 0) is 21.1 Å². The van der Waals surface area contributed by atoms with Crippen molar-refractivity contribution in [2.24, 2.45) is 0 Å². The minimum atomic E-state index is 0. The molecular formula is C40H27N3Pt. The van der Waals surface area contributed by atoms with Gasteiger partial charge < -0.3 is 5.32 Å². The average molecular weight is 745 g/mol. The first-order valence-electron chi connectivity index (χ1n) is 14.3. The van der Waals surface area contributed by atoms with Crippen molar-refractivity contribution in [3.63, 3.8) is 0 Å². The first-order chi connectivity index (χ1) is 21.3. The Bertz CT molecular complexity index is 1930. The van der Waals surface area contributed by atoms with E-state index >= 15 is 0 Å². The fourth-order valence-corrected chi connectivity index (χ4v) is 5.25. The van der Waals surface area contributed by atoms with E-state index in [0.29, 0.717) is 0 Å². The molecule has 0 fully saturated rings. The molecule has 0 aliphatic rings. The van der Waals surface area contributed by atoms with Crippen molar-refractivity contribution in [3.05, 3.63) is 175 Å². The van der Waals surface area contributed by atoms with Gasteiger partial charge in [-0.05, 0) is 57.3 Å². The molecule has 0 atom stereocenters. The SMILES string of the molecule is [Pt+2].[c-]1ccccc1-c1cc(-c2ccccc2)cc(-c2ccccc2[N-]c2ccccc2-c2cc(-c3ccccc3)ccn2)n1. The number of hydrogen-bond acceptors (Lipinski definition) is 2. The molecule has 3 nitrogen and oxygen atoms in total. The molecule has 212 valence electrons. The van der Waals surface area contributed by atoms with Crippen LogP contribution in [0.4, 0.5) is 11.4 Å². The van der Waals surface area contributed by atoms with Gasteiger partial charge in [0.1, 0.15) is 0 Å². The zero-order chi connectivity index (χ0) is 28.8. The van der Waals surface area contributed by atoms with E-state index in [1.165, 1.54) is 0 Å². The van der Waals surface area contributed by atoms with Gasteiger partial charge in [0.2, 0.25) is 0 Å². The van der Waals surface area contributed by atoms with E-state index in [1.807, 2.05) is 85.1 Å². The minimum Gasteiger partial charge on any atom is -0.657 e. The van der Waals surface area contributed by atoms with Gasteiger partial charge >= 0.3 is 21.1 Å². The predicted octanol–water partition coefficient (Wildman–Crippen LogP) is 10.9. The molecule has 4 heteroatoms. The summed E-state index contributed by atoms with van der Waals surface area (Å²) in [6.07, 6.45) is 1.86. The molecule has 0 spiro atoms. The number of aromatic nitrogens is 2. The molecule has 0 saturated heterocycles. The molecule has 44 heavy (non-hydrogen) atoms. The Morgan fingerprint density at radius 3 is 1.66 bits per heavy atom. The summed E-state index contributed by atoms with van der Waals surface area (Å²) in [5, 5.41) is 5.21. The van der Waals surface area contributed by atoms with Crippen LogP contribution in [0.5, 0.6) is 0 Å². The third-order valence-electron chi connectivity index (χ3n) is 7.39. The molecule has 2 heterocycles. The van der Waals surface area contributed by atoms with Gasteiger partial charge in [0, 0.05) is 6.20 Å². The molecule has 2 aromatic heterocycles. The maximum absolute atomic E-state index is 5.21. The van der Waals surface area contributed by atoms with E-state index in [1.54, 1.807) is 0 Å². The Morgan fingerprint density at radius 1 is 0.455 bits per heavy atom. The molecule has 0 radical (unpaired) electrons. The second-order valence-electron chi connectivity index (χ2n) is 10.2. The summed E-state index contributed by atoms with van der Waals surface area (Å²) in [7, 11) is 0. The molecule has 0 aliphatic carbocycles. The van der Waals surface area contributed by atoms with Crippen LogP contribution >= 0.6 is 0 Å². The maximum atomic E-state index is 5.21. The average Bonchev–Trinajstić information content (AvgIpc) is 3.10. The van der Waals surface area contributed by atoms with Crippen LogP contribution in [0.1, 0.15) is 0 Å². The summed E-state index contributed by atoms with van der Waals surface area (Å²) in [6.45, 7) is 0. The van der Waals surface area contributed by atoms with E-state index in [9.17, 15) is 0 Å². The topological polar surface area (TPSA) is 39.9 Å². The molecule has 7 aromatic rings. The number of para-hydroxylation sites is 2. The van der Waals surface area contributed by atoms with Crippen molar-refractivity contribution in [2.75, 3.05) is 0 Å². The van der Waals surface area contributed by atoms with Gasteiger partial charge in [0.25, 0.3) is 0 Å². The molecule has 0 bridgehead atoms. The van der Waals surface area contributed by atoms with Crippen LogP contribution in [0.2, 0.25) is 0 Å². The zero-order valence-electron chi connectivity index (χ0n) is 23.7. The van der Waals surface area contributed by atoms with E-state index in [2.05, 4.69) is 84.9 Å². The van der Waals surface area contributed by atoms with Crippen LogP contribution in [0.25, 0.3) is 61.3 Å². The number of hydrogen-bond donors (Lipinski definition) is 0. The van der Waals surface area contributed by atoms with Gasteiger partial charge in [-0.15, -0.1) is 47.3 Å². The van der Waals surface area contributed by atoms with Gasteiger partial charge in [-0.1, -0.05) is 115 Å². The molecule has 7 rings (SSSR count). The Balaban J connectivity index is 0.00000343. The fourth-order valence-electron chi connectivity index (χ4n) is 5.25. The first kappa shape index (κ1) is 29.0. The molecule has 0 saturated carbocycles. The number of pyridine rings is 2. The third-order valence-corrected chi connectivity index (χ3v) is 7.39. The Hall–Kier alpha value is -5.11. The minimum absolute atomic E-state index is 0. The Labute approximate surface area is 272 Å². The summed E-state index contributed by atoms with van der Waals surface area (Å²) >= 11 is 0. The maximum Gasteiger partial charge on any atom is 2.00 e. The van der Waals surface area contributed by atoms with Crippen LogP contribution < -0.4 is 0 Å². The summed E-state index contributed by atoms with van der Waals surface area (Å²) in [4.78, 5) is 9.86. The summed E-state index contributed by atoms with van der Waals surface area (Å²) < 4.78 is 0. The van der Waals surface area contributed by atoms with E-state index < -0.39 is 0 Å². The number of nitrogens with zero attached hydrogens (tertiary/aromatic N) is 3. The van der Waals surface area contributed by atoms with Crippen molar-refractivity contribution in [2.45, 2.75) is 0 Å². The molecule has 0 aliphatic heterocycles. The Morgan fingerprint density at radius 2 is 1.00 bits per heavy atom. The molecule has 0 N–H and O–H groups in total. The van der Waals surface area contributed by atoms with Crippen molar-refractivity contribution < 1.29 is 21.1 Å². The van der Waals surface area contributed by atoms with Crippen LogP contribution in [0.3, 0.4) is 0 Å². The normalized spacial score (nSPS) is 10.5. The Kier molecular flexibility index (Phi) is 8.87. The van der Waals surface area contributed by atoms with E-state index in [0.717, 1.165) is 67.4 Å². The summed E-state index contributed by atoms with van der Waals surface area (Å²) in [5.41, 5.74) is 11.7. The quantitative estimate of drug-likeness (QED) is 0.153. The summed E-state index contributed by atoms with van der Waals surface area (Å²) in [6, 6.07) is 56.9. The van der Waals surface area contributed by atoms with Crippen LogP contribution in [-0.4, -0.2) is 9.97 Å². The molecule has 0 amide bonds. The standard InChI is InChI=1S/C40H27N3.Pt/c1-4-14-29(15-5-1)32-24-25-41-39(26-32)34-20-10-12-22-36(34)42-37-23-13-11-21-35(37)40-28-33(30-16-6-2-7-17-30)27-38(43-40)31-18-8-3-9-19-31;/h1-18,20-28H;/q-2;+2. The largest absolute Gasteiger partial charge is 2.00 e. The number of rotatable bonds is 7. The zero-order valence-corrected chi connectivity index (χ0v) is 26.0. The van der Waals surface area contributed by atoms with Gasteiger partial charge in [-0.2, -0.15) is 0 Å². The molecule has 0 unspecified atom stereocenters.